The second-order valence-corrected chi connectivity index (χ2v) is 25.2. The molecule has 0 saturated heterocycles. The smallest absolute Gasteiger partial charge is 0.256 e. The van der Waals surface area contributed by atoms with Crippen molar-refractivity contribution in [3.05, 3.63) is 248 Å². The highest BCUT2D eigenvalue weighted by Gasteiger charge is 2.55. The van der Waals surface area contributed by atoms with Gasteiger partial charge in [0.1, 0.15) is 23.0 Å². The van der Waals surface area contributed by atoms with Crippen molar-refractivity contribution in [3.8, 4) is 23.0 Å². The highest BCUT2D eigenvalue weighted by Crippen LogP contribution is 2.52. The summed E-state index contributed by atoms with van der Waals surface area (Å²) in [5, 5.41) is 0. The van der Waals surface area contributed by atoms with Gasteiger partial charge in [-0.25, -0.2) is 0 Å². The highest BCUT2D eigenvalue weighted by molar-refractivity contribution is 7.07. The molecule has 11 aromatic rings. The molecule has 6 aliphatic rings. The number of hydrogen-bond donors (Lipinski definition) is 0. The van der Waals surface area contributed by atoms with E-state index in [0.29, 0.717) is 0 Å². The van der Waals surface area contributed by atoms with Crippen LogP contribution < -0.4 is 78.2 Å². The first-order valence-corrected chi connectivity index (χ1v) is 29.3. The van der Waals surface area contributed by atoms with E-state index in [-0.39, 0.29) is 31.0 Å². The first-order valence-electron chi connectivity index (χ1n) is 29.3. The molecule has 0 fully saturated rings. The molecule has 6 nitrogen and oxygen atoms in total. The Morgan fingerprint density at radius 1 is 0.289 bits per heavy atom. The first kappa shape index (κ1) is 48.2. The molecule has 6 heterocycles. The molecule has 0 aliphatic carbocycles. The fraction of sp³-hybridized carbons (Fsp3) is 0.108. The Bertz CT molecular complexity index is 4160. The molecule has 0 saturated carbocycles. The molecule has 0 atom stereocenters. The van der Waals surface area contributed by atoms with E-state index in [2.05, 4.69) is 298 Å². The molecule has 0 amide bonds. The summed E-state index contributed by atoms with van der Waals surface area (Å²) < 4.78 is 14.7. The van der Waals surface area contributed by atoms with Crippen LogP contribution in [0.2, 0.25) is 0 Å². The number of rotatable bonds is 6. The van der Waals surface area contributed by atoms with E-state index in [9.17, 15) is 0 Å². The van der Waals surface area contributed by atoms with Gasteiger partial charge in [0.2, 0.25) is 0 Å². The van der Waals surface area contributed by atoms with Crippen molar-refractivity contribution >= 4 is 138 Å². The van der Waals surface area contributed by atoms with Crippen LogP contribution in [-0.2, 0) is 10.8 Å². The van der Waals surface area contributed by atoms with Crippen LogP contribution in [0.3, 0.4) is 0 Å². The molecule has 0 radical (unpaired) electrons. The van der Waals surface area contributed by atoms with Gasteiger partial charge in [-0.05, 0) is 156 Å². The molecular weight excluding hydrogens is 1010 g/mol. The summed E-state index contributed by atoms with van der Waals surface area (Å²) in [5.74, 6) is 3.50. The maximum atomic E-state index is 7.33. The van der Waals surface area contributed by atoms with E-state index in [1.165, 1.54) is 83.0 Å². The van der Waals surface area contributed by atoms with Crippen LogP contribution in [0, 0.1) is 0 Å². The van der Waals surface area contributed by atoms with Gasteiger partial charge in [0.15, 0.2) is 0 Å². The lowest BCUT2D eigenvalue weighted by Crippen LogP contribution is -2.72. The van der Waals surface area contributed by atoms with Gasteiger partial charge in [-0.15, -0.1) is 0 Å². The molecule has 0 spiro atoms. The zero-order chi connectivity index (χ0) is 55.6. The van der Waals surface area contributed by atoms with Crippen LogP contribution >= 0.6 is 0 Å². The number of ether oxygens (including phenoxy) is 2. The van der Waals surface area contributed by atoms with E-state index in [4.69, 9.17) is 9.47 Å². The van der Waals surface area contributed by atoms with Crippen LogP contribution in [0.1, 0.15) is 52.7 Å². The fourth-order valence-electron chi connectivity index (χ4n) is 14.6. The predicted molar refractivity (Wildman–Crippen MR) is 350 cm³/mol. The van der Waals surface area contributed by atoms with Gasteiger partial charge in [0.25, 0.3) is 20.1 Å². The zero-order valence-corrected chi connectivity index (χ0v) is 47.4. The summed E-state index contributed by atoms with van der Waals surface area (Å²) in [6.07, 6.45) is 0. The lowest BCUT2D eigenvalue weighted by atomic mass is 9.26. The van der Waals surface area contributed by atoms with Crippen molar-refractivity contribution in [2.75, 3.05) is 19.6 Å². The van der Waals surface area contributed by atoms with E-state index in [0.717, 1.165) is 68.5 Å². The predicted octanol–water partition coefficient (Wildman–Crippen LogP) is 13.2. The lowest BCUT2D eigenvalue weighted by Gasteiger charge is -2.52. The Balaban J connectivity index is 1.02. The fourth-order valence-corrected chi connectivity index (χ4v) is 14.6. The minimum Gasteiger partial charge on any atom is -0.458 e. The molecule has 11 aromatic carbocycles. The number of fused-ring (bicyclic) bond motifs is 14. The lowest BCUT2D eigenvalue weighted by molar-refractivity contribution is 0.487. The van der Waals surface area contributed by atoms with Crippen LogP contribution in [0.4, 0.5) is 68.2 Å². The average molecular weight is 1070 g/mol. The van der Waals surface area contributed by atoms with E-state index < -0.39 is 0 Å². The third-order valence-electron chi connectivity index (χ3n) is 18.4. The normalized spacial score (nSPS) is 14.0. The van der Waals surface area contributed by atoms with Gasteiger partial charge in [0, 0.05) is 69.0 Å². The van der Waals surface area contributed by atoms with Gasteiger partial charge in [-0.1, -0.05) is 181 Å². The second-order valence-electron chi connectivity index (χ2n) is 25.2. The molecule has 83 heavy (non-hydrogen) atoms. The number of anilines is 12. The summed E-state index contributed by atoms with van der Waals surface area (Å²) >= 11 is 0. The SMILES string of the molecule is CC(C)(C)c1ccc2c(c1)N1c3cc(N(c4ccccc4)c4ccccc4)cc4c3B(c3ccccc3O4)c3cc4c5c(c31)B2c1ccc(C(C)(C)C)cc1N5c1cc(N(c2ccccc2)c2ccccc2)cc2c1B4c1ccccc1O2. The van der Waals surface area contributed by atoms with Gasteiger partial charge in [-0.2, -0.15) is 0 Å². The highest BCUT2D eigenvalue weighted by atomic mass is 16.5. The number of hydrogen-bond acceptors (Lipinski definition) is 6. The van der Waals surface area contributed by atoms with Crippen LogP contribution in [-0.4, -0.2) is 20.1 Å². The van der Waals surface area contributed by atoms with Gasteiger partial charge >= 0.3 is 0 Å². The Morgan fingerprint density at radius 2 is 0.639 bits per heavy atom. The average Bonchev–Trinajstić information content (AvgIpc) is 0.797. The first-order chi connectivity index (χ1) is 40.5. The largest absolute Gasteiger partial charge is 0.458 e. The van der Waals surface area contributed by atoms with E-state index in [1.807, 2.05) is 0 Å². The monoisotopic (exact) mass is 1070 g/mol. The van der Waals surface area contributed by atoms with E-state index >= 15 is 0 Å². The third-order valence-corrected chi connectivity index (χ3v) is 18.4. The summed E-state index contributed by atoms with van der Waals surface area (Å²) in [7, 11) is 0. The molecule has 0 bridgehead atoms. The number of nitrogens with zero attached hydrogens (tertiary/aromatic N) is 4. The van der Waals surface area contributed by atoms with Crippen LogP contribution in [0.15, 0.2) is 237 Å². The minimum atomic E-state index is -0.150. The van der Waals surface area contributed by atoms with Crippen molar-refractivity contribution in [1.82, 2.24) is 0 Å². The zero-order valence-electron chi connectivity index (χ0n) is 47.4. The summed E-state index contributed by atoms with van der Waals surface area (Å²) in [5.41, 5.74) is 27.0. The molecule has 0 unspecified atom stereocenters. The Labute approximate surface area is 487 Å². The van der Waals surface area contributed by atoms with Crippen molar-refractivity contribution < 1.29 is 9.47 Å². The molecule has 394 valence electrons. The Morgan fingerprint density at radius 3 is 1.01 bits per heavy atom. The van der Waals surface area contributed by atoms with Crippen molar-refractivity contribution in [3.63, 3.8) is 0 Å². The van der Waals surface area contributed by atoms with Gasteiger partial charge in [-0.3, -0.25) is 0 Å². The Hall–Kier alpha value is -9.59. The van der Waals surface area contributed by atoms with Crippen LogP contribution in [0.5, 0.6) is 23.0 Å². The third kappa shape index (κ3) is 7.00. The van der Waals surface area contributed by atoms with Crippen molar-refractivity contribution in [2.45, 2.75) is 52.4 Å². The van der Waals surface area contributed by atoms with Crippen LogP contribution in [0.25, 0.3) is 0 Å². The molecule has 0 N–H and O–H groups in total. The standard InChI is InChI=1S/C74H57B3N4O2/c1-73(2,3)46-35-37-54-60(39-46)80-62-41-52(78(48-23-11-7-12-24-48)49-25-13-8-14-26-49)43-66-68(62)76(56-31-19-21-33-64(56)82-66)58-45-59-72-70(71(58)80)75(54)55-38-36-47(74(4,5)6)40-61(55)81(72)63-42-53(44-67-69(63)77(59)57-32-20-22-34-65(57)83-67)79(50-27-15-9-16-28-50)51-29-17-10-18-30-51/h7-45H,1-6H3. The maximum absolute atomic E-state index is 7.33. The van der Waals surface area contributed by atoms with E-state index in [1.54, 1.807) is 0 Å². The van der Waals surface area contributed by atoms with Gasteiger partial charge < -0.3 is 29.1 Å². The summed E-state index contributed by atoms with van der Waals surface area (Å²) in [4.78, 5) is 10.1. The molecule has 0 aromatic heterocycles. The van der Waals surface area contributed by atoms with Crippen molar-refractivity contribution in [2.24, 2.45) is 0 Å². The molecule has 9 heteroatoms. The molecular formula is C74H57B3N4O2. The summed E-state index contributed by atoms with van der Waals surface area (Å²) in [6.45, 7) is 13.6. The number of para-hydroxylation sites is 6. The second kappa shape index (κ2) is 17.5. The minimum absolute atomic E-state index is 0.104. The molecule has 6 aliphatic heterocycles. The topological polar surface area (TPSA) is 31.4 Å². The van der Waals surface area contributed by atoms with Crippen molar-refractivity contribution in [1.29, 1.82) is 0 Å². The number of benzene rings is 11. The van der Waals surface area contributed by atoms with Gasteiger partial charge in [0.05, 0.1) is 11.4 Å². The quantitative estimate of drug-likeness (QED) is 0.154. The maximum Gasteiger partial charge on any atom is 0.256 e. The molecule has 17 rings (SSSR count). The summed E-state index contributed by atoms with van der Waals surface area (Å²) in [6, 6.07) is 87.6. The Kier molecular flexibility index (Phi) is 10.1.